The van der Waals surface area contributed by atoms with Gasteiger partial charge in [-0.05, 0) is 30.7 Å². The number of ether oxygens (including phenoxy) is 1. The maximum absolute atomic E-state index is 13.1. The van der Waals surface area contributed by atoms with Gasteiger partial charge in [-0.15, -0.1) is 0 Å². The Kier molecular flexibility index (Phi) is 7.11. The summed E-state index contributed by atoms with van der Waals surface area (Å²) < 4.78 is 5.56. The largest absolute Gasteiger partial charge is 0.447 e. The molecule has 8 heteroatoms. The van der Waals surface area contributed by atoms with Gasteiger partial charge in [0.1, 0.15) is 5.69 Å². The summed E-state index contributed by atoms with van der Waals surface area (Å²) in [6.07, 6.45) is -0.905. The Morgan fingerprint density at radius 2 is 1.74 bits per heavy atom. The summed E-state index contributed by atoms with van der Waals surface area (Å²) in [4.78, 5) is 41.2. The van der Waals surface area contributed by atoms with Crippen LogP contribution in [-0.4, -0.2) is 21.8 Å². The second-order valence-corrected chi connectivity index (χ2v) is 8.04. The minimum Gasteiger partial charge on any atom is -0.447 e. The molecule has 1 aromatic heterocycles. The third-order valence-corrected chi connectivity index (χ3v) is 5.44. The molecule has 0 saturated heterocycles. The van der Waals surface area contributed by atoms with E-state index in [0.717, 1.165) is 16.6 Å². The molecule has 0 aliphatic rings. The lowest BCUT2D eigenvalue weighted by atomic mass is 10.1. The zero-order valence-electron chi connectivity index (χ0n) is 19.0. The lowest BCUT2D eigenvalue weighted by Crippen LogP contribution is -2.26. The Bertz CT molecular complexity index is 1390. The number of benzene rings is 3. The predicted molar refractivity (Wildman–Crippen MR) is 132 cm³/mol. The molecule has 35 heavy (non-hydrogen) atoms. The number of nitro benzene ring substituents is 1. The first kappa shape index (κ1) is 23.6. The fourth-order valence-electron chi connectivity index (χ4n) is 3.67. The van der Waals surface area contributed by atoms with Crippen molar-refractivity contribution < 1.29 is 19.2 Å². The molecule has 0 spiro atoms. The maximum Gasteiger partial charge on any atom is 0.307 e. The monoisotopic (exact) mass is 469 g/mol. The number of nitrogens with zero attached hydrogens (tertiary/aromatic N) is 2. The SMILES string of the molecule is Cc1ccc(NC(=O)C(OC(=O)CCc2ccc3ccccc3n2)c2ccccc2)c([N+](=O)[O-])c1. The number of rotatable bonds is 8. The minimum atomic E-state index is -1.27. The van der Waals surface area contributed by atoms with Crippen LogP contribution < -0.4 is 5.32 Å². The number of aromatic nitrogens is 1. The highest BCUT2D eigenvalue weighted by molar-refractivity contribution is 5.97. The molecule has 4 rings (SSSR count). The summed E-state index contributed by atoms with van der Waals surface area (Å²) in [5.74, 6) is -1.26. The number of carbonyl (C=O) groups is 2. The summed E-state index contributed by atoms with van der Waals surface area (Å²) in [6.45, 7) is 1.72. The van der Waals surface area contributed by atoms with Gasteiger partial charge in [0, 0.05) is 29.1 Å². The van der Waals surface area contributed by atoms with Gasteiger partial charge in [-0.3, -0.25) is 24.7 Å². The second kappa shape index (κ2) is 10.6. The van der Waals surface area contributed by atoms with Crippen LogP contribution in [0.1, 0.15) is 29.3 Å². The first-order valence-electron chi connectivity index (χ1n) is 11.1. The van der Waals surface area contributed by atoms with Gasteiger partial charge in [-0.25, -0.2) is 0 Å². The van der Waals surface area contributed by atoms with Crippen LogP contribution in [0.3, 0.4) is 0 Å². The van der Waals surface area contributed by atoms with Crippen molar-refractivity contribution in [2.45, 2.75) is 25.9 Å². The number of nitro groups is 1. The molecule has 176 valence electrons. The van der Waals surface area contributed by atoms with Gasteiger partial charge in [-0.2, -0.15) is 0 Å². The molecule has 1 heterocycles. The molecule has 1 atom stereocenters. The number of para-hydroxylation sites is 1. The molecule has 8 nitrogen and oxygen atoms in total. The van der Waals surface area contributed by atoms with Gasteiger partial charge < -0.3 is 10.1 Å². The topological polar surface area (TPSA) is 111 Å². The van der Waals surface area contributed by atoms with Crippen LogP contribution in [0, 0.1) is 17.0 Å². The van der Waals surface area contributed by atoms with E-state index in [2.05, 4.69) is 10.3 Å². The van der Waals surface area contributed by atoms with Gasteiger partial charge in [0.2, 0.25) is 6.10 Å². The number of hydrogen-bond donors (Lipinski definition) is 1. The van der Waals surface area contributed by atoms with Crippen LogP contribution in [0.15, 0.2) is 84.9 Å². The highest BCUT2D eigenvalue weighted by atomic mass is 16.6. The molecule has 0 aliphatic heterocycles. The molecule has 0 aliphatic carbocycles. The number of nitrogens with one attached hydrogen (secondary N) is 1. The van der Waals surface area contributed by atoms with Crippen molar-refractivity contribution in [2.75, 3.05) is 5.32 Å². The molecular formula is C27H23N3O5. The van der Waals surface area contributed by atoms with Crippen molar-refractivity contribution in [1.29, 1.82) is 0 Å². The van der Waals surface area contributed by atoms with Crippen LogP contribution in [0.5, 0.6) is 0 Å². The first-order valence-corrected chi connectivity index (χ1v) is 11.1. The summed E-state index contributed by atoms with van der Waals surface area (Å²) in [6, 6.07) is 24.5. The van der Waals surface area contributed by atoms with E-state index in [-0.39, 0.29) is 17.8 Å². The van der Waals surface area contributed by atoms with Gasteiger partial charge in [0.25, 0.3) is 11.6 Å². The number of amides is 1. The van der Waals surface area contributed by atoms with Crippen molar-refractivity contribution in [3.05, 3.63) is 112 Å². The molecular weight excluding hydrogens is 446 g/mol. The van der Waals surface area contributed by atoms with E-state index in [9.17, 15) is 19.7 Å². The van der Waals surface area contributed by atoms with E-state index in [1.54, 1.807) is 43.3 Å². The number of fused-ring (bicyclic) bond motifs is 1. The number of carbonyl (C=O) groups excluding carboxylic acids is 2. The number of esters is 1. The molecule has 4 aromatic rings. The van der Waals surface area contributed by atoms with Crippen molar-refractivity contribution in [3.63, 3.8) is 0 Å². The third-order valence-electron chi connectivity index (χ3n) is 5.44. The van der Waals surface area contributed by atoms with Crippen LogP contribution >= 0.6 is 0 Å². The first-order chi connectivity index (χ1) is 16.9. The molecule has 0 bridgehead atoms. The number of hydrogen-bond acceptors (Lipinski definition) is 6. The third kappa shape index (κ3) is 5.86. The standard InChI is InChI=1S/C27H23N3O5/c1-18-11-15-23(24(17-18)30(33)34)29-27(32)26(20-8-3-2-4-9-20)35-25(31)16-14-21-13-12-19-7-5-6-10-22(19)28-21/h2-13,15,17,26H,14,16H2,1H3,(H,29,32). The zero-order chi connectivity index (χ0) is 24.8. The van der Waals surface area contributed by atoms with E-state index >= 15 is 0 Å². The van der Waals surface area contributed by atoms with Crippen molar-refractivity contribution in [2.24, 2.45) is 0 Å². The van der Waals surface area contributed by atoms with E-state index < -0.39 is 22.9 Å². The lowest BCUT2D eigenvalue weighted by Gasteiger charge is -2.18. The van der Waals surface area contributed by atoms with E-state index in [4.69, 9.17) is 4.74 Å². The normalized spacial score (nSPS) is 11.6. The smallest absolute Gasteiger partial charge is 0.307 e. The van der Waals surface area contributed by atoms with Crippen LogP contribution in [0.2, 0.25) is 0 Å². The summed E-state index contributed by atoms with van der Waals surface area (Å²) >= 11 is 0. The molecule has 0 radical (unpaired) electrons. The Labute approximate surface area is 201 Å². The number of anilines is 1. The quantitative estimate of drug-likeness (QED) is 0.213. The molecule has 0 saturated carbocycles. The Hall–Kier alpha value is -4.59. The fraction of sp³-hybridized carbons (Fsp3) is 0.148. The molecule has 1 N–H and O–H groups in total. The zero-order valence-corrected chi connectivity index (χ0v) is 19.0. The van der Waals surface area contributed by atoms with Crippen LogP contribution in [0.4, 0.5) is 11.4 Å². The van der Waals surface area contributed by atoms with E-state index in [1.807, 2.05) is 36.4 Å². The van der Waals surface area contributed by atoms with Gasteiger partial charge in [-0.1, -0.05) is 60.7 Å². The lowest BCUT2D eigenvalue weighted by molar-refractivity contribution is -0.384. The van der Waals surface area contributed by atoms with Gasteiger partial charge in [0.05, 0.1) is 16.9 Å². The Morgan fingerprint density at radius 1 is 1.00 bits per heavy atom. The second-order valence-electron chi connectivity index (χ2n) is 8.04. The fourth-order valence-corrected chi connectivity index (χ4v) is 3.67. The maximum atomic E-state index is 13.1. The van der Waals surface area contributed by atoms with Crippen LogP contribution in [0.25, 0.3) is 10.9 Å². The number of aryl methyl sites for hydroxylation is 2. The van der Waals surface area contributed by atoms with E-state index in [1.165, 1.54) is 12.1 Å². The van der Waals surface area contributed by atoms with Gasteiger partial charge in [0.15, 0.2) is 0 Å². The number of pyridine rings is 1. The average molecular weight is 469 g/mol. The summed E-state index contributed by atoms with van der Waals surface area (Å²) in [5, 5.41) is 15.0. The van der Waals surface area contributed by atoms with Crippen molar-refractivity contribution >= 4 is 34.2 Å². The van der Waals surface area contributed by atoms with E-state index in [0.29, 0.717) is 17.5 Å². The molecule has 1 unspecified atom stereocenters. The summed E-state index contributed by atoms with van der Waals surface area (Å²) in [7, 11) is 0. The Balaban J connectivity index is 1.49. The average Bonchev–Trinajstić information content (AvgIpc) is 2.87. The summed E-state index contributed by atoms with van der Waals surface area (Å²) in [5.41, 5.74) is 2.50. The molecule has 0 fully saturated rings. The highest BCUT2D eigenvalue weighted by Crippen LogP contribution is 2.28. The predicted octanol–water partition coefficient (Wildman–Crippen LogP) is 5.31. The Morgan fingerprint density at radius 3 is 2.51 bits per heavy atom. The minimum absolute atomic E-state index is 0.0205. The van der Waals surface area contributed by atoms with Crippen LogP contribution in [-0.2, 0) is 20.7 Å². The van der Waals surface area contributed by atoms with Crippen molar-refractivity contribution in [1.82, 2.24) is 4.98 Å². The van der Waals surface area contributed by atoms with Gasteiger partial charge >= 0.3 is 5.97 Å². The molecule has 1 amide bonds. The van der Waals surface area contributed by atoms with Crippen molar-refractivity contribution in [3.8, 4) is 0 Å². The highest BCUT2D eigenvalue weighted by Gasteiger charge is 2.27. The molecule has 3 aromatic carbocycles.